The van der Waals surface area contributed by atoms with Gasteiger partial charge in [-0.05, 0) is 122 Å². The Morgan fingerprint density at radius 2 is 1.24 bits per heavy atom. The summed E-state index contributed by atoms with van der Waals surface area (Å²) in [7, 11) is 0. The lowest BCUT2D eigenvalue weighted by atomic mass is 9.80. The lowest BCUT2D eigenvalue weighted by Gasteiger charge is -2.29. The van der Waals surface area contributed by atoms with E-state index in [1.165, 1.54) is 22.4 Å². The van der Waals surface area contributed by atoms with Crippen molar-refractivity contribution in [2.24, 2.45) is 0 Å². The average molecular weight is 890 g/mol. The minimum atomic E-state index is -0.0864. The van der Waals surface area contributed by atoms with Crippen LogP contribution in [-0.4, -0.2) is 16.2 Å². The van der Waals surface area contributed by atoms with E-state index in [1.54, 1.807) is 0 Å². The molecule has 7 aromatic carbocycles. The molecule has 336 valence electrons. The number of furan rings is 1. The van der Waals surface area contributed by atoms with Crippen LogP contribution in [0.1, 0.15) is 79.0 Å². The lowest BCUT2D eigenvalue weighted by Crippen LogP contribution is -2.25. The predicted molar refractivity (Wildman–Crippen MR) is 282 cm³/mol. The molecule has 0 amide bonds. The van der Waals surface area contributed by atoms with Crippen LogP contribution in [0.15, 0.2) is 162 Å². The van der Waals surface area contributed by atoms with Gasteiger partial charge in [0.25, 0.3) is 0 Å². The van der Waals surface area contributed by atoms with E-state index in [1.807, 2.05) is 36.5 Å². The van der Waals surface area contributed by atoms with Gasteiger partial charge >= 0.3 is 0 Å². The highest BCUT2D eigenvalue weighted by molar-refractivity contribution is 6.24. The smallest absolute Gasteiger partial charge is 0.187 e. The molecule has 0 N–H and O–H groups in total. The van der Waals surface area contributed by atoms with E-state index in [-0.39, 0.29) is 16.2 Å². The van der Waals surface area contributed by atoms with Crippen LogP contribution in [0.5, 0.6) is 11.5 Å². The number of pyridine rings is 1. The van der Waals surface area contributed by atoms with Crippen molar-refractivity contribution in [2.45, 2.75) is 78.6 Å². The molecule has 68 heavy (non-hydrogen) atoms. The molecule has 7 nitrogen and oxygen atoms in total. The molecule has 0 radical (unpaired) electrons. The zero-order valence-electron chi connectivity index (χ0n) is 40.3. The predicted octanol–water partition coefficient (Wildman–Crippen LogP) is 17.2. The van der Waals surface area contributed by atoms with Gasteiger partial charge in [-0.2, -0.15) is 0 Å². The third kappa shape index (κ3) is 7.41. The number of nitrogens with zero attached hydrogens (tertiary/aromatic N) is 5. The molecule has 0 saturated heterocycles. The van der Waals surface area contributed by atoms with Crippen LogP contribution in [0, 0.1) is 6.57 Å². The Morgan fingerprint density at radius 3 is 1.91 bits per heavy atom. The maximum absolute atomic E-state index is 7.63. The van der Waals surface area contributed by atoms with Crippen molar-refractivity contribution >= 4 is 72.2 Å². The van der Waals surface area contributed by atoms with E-state index in [0.717, 1.165) is 77.8 Å². The fraction of sp³-hybridized carbons (Fsp3) is 0.213. The van der Waals surface area contributed by atoms with E-state index >= 15 is 0 Å². The van der Waals surface area contributed by atoms with Gasteiger partial charge in [0.05, 0.1) is 28.8 Å². The van der Waals surface area contributed by atoms with E-state index in [9.17, 15) is 0 Å². The van der Waals surface area contributed by atoms with Gasteiger partial charge in [0.2, 0.25) is 0 Å². The van der Waals surface area contributed by atoms with Crippen molar-refractivity contribution in [3.05, 3.63) is 186 Å². The Kier molecular flexibility index (Phi) is 9.84. The second-order valence-electron chi connectivity index (χ2n) is 21.3. The Bertz CT molecular complexity index is 3630. The Balaban J connectivity index is 1.07. The van der Waals surface area contributed by atoms with Gasteiger partial charge in [-0.25, -0.2) is 9.83 Å². The summed E-state index contributed by atoms with van der Waals surface area (Å²) in [5.74, 6) is 2.19. The van der Waals surface area contributed by atoms with Crippen molar-refractivity contribution in [2.75, 3.05) is 16.5 Å². The highest BCUT2D eigenvalue weighted by atomic mass is 16.5. The fourth-order valence-corrected chi connectivity index (χ4v) is 9.68. The first-order valence-corrected chi connectivity index (χ1v) is 23.5. The quantitative estimate of drug-likeness (QED) is 0.156. The first-order chi connectivity index (χ1) is 32.5. The number of rotatable bonds is 6. The molecule has 4 heterocycles. The van der Waals surface area contributed by atoms with Crippen LogP contribution in [0.2, 0.25) is 0 Å². The first-order valence-electron chi connectivity index (χ1n) is 23.5. The van der Waals surface area contributed by atoms with E-state index in [2.05, 4.69) is 203 Å². The minimum absolute atomic E-state index is 0.0259. The van der Waals surface area contributed by atoms with Crippen LogP contribution in [0.25, 0.3) is 65.5 Å². The molecule has 0 aliphatic carbocycles. The number of ether oxygens (including phenoxy) is 1. The Morgan fingerprint density at radius 1 is 0.574 bits per heavy atom. The van der Waals surface area contributed by atoms with Gasteiger partial charge in [0, 0.05) is 35.1 Å². The summed E-state index contributed by atoms with van der Waals surface area (Å²) in [4.78, 5) is 13.5. The van der Waals surface area contributed by atoms with Gasteiger partial charge in [-0.3, -0.25) is 4.57 Å². The second-order valence-corrected chi connectivity index (χ2v) is 21.3. The normalized spacial score (nSPS) is 13.2. The van der Waals surface area contributed by atoms with Crippen LogP contribution in [-0.2, 0) is 16.2 Å². The van der Waals surface area contributed by atoms with E-state index in [0.29, 0.717) is 23.9 Å². The average Bonchev–Trinajstić information content (AvgIpc) is 4.00. The molecule has 1 aliphatic heterocycles. The summed E-state index contributed by atoms with van der Waals surface area (Å²) in [6.45, 7) is 28.7. The summed E-state index contributed by atoms with van der Waals surface area (Å²) < 4.78 is 16.1. The number of fused-ring (bicyclic) bond motifs is 8. The molecular formula is C61H55N5O2. The van der Waals surface area contributed by atoms with Crippen molar-refractivity contribution in [3.63, 3.8) is 0 Å². The van der Waals surface area contributed by atoms with Crippen LogP contribution >= 0.6 is 0 Å². The van der Waals surface area contributed by atoms with Gasteiger partial charge in [0.1, 0.15) is 35.1 Å². The van der Waals surface area contributed by atoms with Crippen molar-refractivity contribution in [3.8, 4) is 28.4 Å². The summed E-state index contributed by atoms with van der Waals surface area (Å²) in [6, 6.07) is 53.3. The standard InChI is InChI=1S/C61H55N5O2/c1-59(2,3)41-27-28-63-55(34-41)66-53-36-47(24-25-50(53)58-57(66)56-49-16-12-11-15-39(49)21-26-54(56)68-58)67-48-30-40(38-19-22-44(62-10)23-20-38)29-45(35-48)64-37-65(52-18-14-13-17-51(52)64)46-32-42(60(4,5)6)31-43(33-46)61(7,8)9/h11-36H,37H2,1-9H3. The third-order valence-electron chi connectivity index (χ3n) is 13.5. The topological polar surface area (TPSA) is 51.0 Å². The number of anilines is 4. The zero-order chi connectivity index (χ0) is 47.3. The molecular weight excluding hydrogens is 835 g/mol. The third-order valence-corrected chi connectivity index (χ3v) is 13.5. The molecule has 3 aromatic heterocycles. The Labute approximate surface area is 398 Å². The first kappa shape index (κ1) is 42.8. The van der Waals surface area contributed by atoms with Crippen molar-refractivity contribution in [1.82, 2.24) is 9.55 Å². The molecule has 0 atom stereocenters. The molecule has 0 spiro atoms. The number of aromatic nitrogens is 2. The monoisotopic (exact) mass is 889 g/mol. The van der Waals surface area contributed by atoms with Crippen molar-refractivity contribution in [1.29, 1.82) is 0 Å². The summed E-state index contributed by atoms with van der Waals surface area (Å²) in [5, 5.41) is 4.31. The molecule has 1 aliphatic rings. The Hall–Kier alpha value is -7.82. The van der Waals surface area contributed by atoms with Crippen molar-refractivity contribution < 1.29 is 9.15 Å². The number of benzene rings is 7. The molecule has 0 saturated carbocycles. The van der Waals surface area contributed by atoms with Gasteiger partial charge < -0.3 is 19.0 Å². The van der Waals surface area contributed by atoms with Crippen LogP contribution in [0.4, 0.5) is 28.4 Å². The molecule has 0 bridgehead atoms. The molecule has 11 rings (SSSR count). The molecule has 7 heteroatoms. The summed E-state index contributed by atoms with van der Waals surface area (Å²) in [5.41, 5.74) is 14.2. The summed E-state index contributed by atoms with van der Waals surface area (Å²) >= 11 is 0. The maximum Gasteiger partial charge on any atom is 0.187 e. The summed E-state index contributed by atoms with van der Waals surface area (Å²) in [6.07, 6.45) is 1.91. The number of para-hydroxylation sites is 2. The highest BCUT2D eigenvalue weighted by Crippen LogP contribution is 2.48. The van der Waals surface area contributed by atoms with Crippen LogP contribution < -0.4 is 14.5 Å². The van der Waals surface area contributed by atoms with Crippen LogP contribution in [0.3, 0.4) is 0 Å². The van der Waals surface area contributed by atoms with Gasteiger partial charge in [0.15, 0.2) is 11.3 Å². The lowest BCUT2D eigenvalue weighted by molar-refractivity contribution is 0.483. The largest absolute Gasteiger partial charge is 0.457 e. The molecule has 10 aromatic rings. The molecule has 0 unspecified atom stereocenters. The minimum Gasteiger partial charge on any atom is -0.457 e. The van der Waals surface area contributed by atoms with E-state index in [4.69, 9.17) is 20.7 Å². The number of hydrogen-bond acceptors (Lipinski definition) is 5. The number of hydrogen-bond donors (Lipinski definition) is 0. The van der Waals surface area contributed by atoms with Gasteiger partial charge in [-0.15, -0.1) is 0 Å². The highest BCUT2D eigenvalue weighted by Gasteiger charge is 2.31. The van der Waals surface area contributed by atoms with E-state index < -0.39 is 0 Å². The van der Waals surface area contributed by atoms with Gasteiger partial charge in [-0.1, -0.05) is 135 Å². The zero-order valence-corrected chi connectivity index (χ0v) is 40.3. The maximum atomic E-state index is 7.63. The fourth-order valence-electron chi connectivity index (χ4n) is 9.68. The molecule has 0 fully saturated rings. The second kappa shape index (κ2) is 15.6. The SMILES string of the molecule is [C-]#[N+]c1ccc(-c2cc(Oc3ccc4c5oc6ccc7ccccc7c6c5n(-c5cc(C(C)(C)C)ccn5)c4c3)cc(N3CN(c4cc(C(C)(C)C)cc(C(C)(C)C)c4)c4ccccc43)c2)cc1.